The van der Waals surface area contributed by atoms with E-state index < -0.39 is 12.2 Å². The fourth-order valence-electron chi connectivity index (χ4n) is 3.81. The quantitative estimate of drug-likeness (QED) is 0.727. The van der Waals surface area contributed by atoms with Crippen molar-refractivity contribution in [3.05, 3.63) is 35.9 Å². The van der Waals surface area contributed by atoms with Crippen LogP contribution in [0.3, 0.4) is 0 Å². The zero-order valence-corrected chi connectivity index (χ0v) is 14.7. The summed E-state index contributed by atoms with van der Waals surface area (Å²) in [4.78, 5) is 14.5. The van der Waals surface area contributed by atoms with Gasteiger partial charge in [0.25, 0.3) is 5.91 Å². The van der Waals surface area contributed by atoms with Crippen LogP contribution in [0.2, 0.25) is 0 Å². The van der Waals surface area contributed by atoms with Crippen LogP contribution in [0.1, 0.15) is 30.1 Å². The van der Waals surface area contributed by atoms with E-state index in [1.54, 1.807) is 12.1 Å². The van der Waals surface area contributed by atoms with Crippen molar-refractivity contribution >= 4 is 5.91 Å². The molecule has 1 aromatic carbocycles. The molecule has 2 heterocycles. The molecular formula is C19H28N2O4. The number of ether oxygens (including phenoxy) is 1. The van der Waals surface area contributed by atoms with Crippen LogP contribution in [0.15, 0.2) is 30.3 Å². The maximum atomic E-state index is 12.3. The SMILES string of the molecule is CC1CCN([C@@H]2[C@H](O)[C@H](CO)O[C@@H]2CNC(=O)c2ccccc2)CC1. The van der Waals surface area contributed by atoms with Gasteiger partial charge < -0.3 is 20.3 Å². The number of nitrogens with zero attached hydrogens (tertiary/aromatic N) is 1. The third-order valence-electron chi connectivity index (χ3n) is 5.38. The van der Waals surface area contributed by atoms with Crippen molar-refractivity contribution in [2.75, 3.05) is 26.2 Å². The van der Waals surface area contributed by atoms with Crippen molar-refractivity contribution in [3.8, 4) is 0 Å². The monoisotopic (exact) mass is 348 g/mol. The van der Waals surface area contributed by atoms with Gasteiger partial charge in [-0.3, -0.25) is 9.69 Å². The molecule has 6 nitrogen and oxygen atoms in total. The van der Waals surface area contributed by atoms with Gasteiger partial charge in [0.15, 0.2) is 0 Å². The highest BCUT2D eigenvalue weighted by Gasteiger charge is 2.46. The summed E-state index contributed by atoms with van der Waals surface area (Å²) in [5.74, 6) is 0.540. The van der Waals surface area contributed by atoms with Crippen molar-refractivity contribution in [2.24, 2.45) is 5.92 Å². The van der Waals surface area contributed by atoms with Gasteiger partial charge in [0.2, 0.25) is 0 Å². The molecule has 6 heteroatoms. The number of aliphatic hydroxyl groups excluding tert-OH is 2. The molecule has 4 atom stereocenters. The lowest BCUT2D eigenvalue weighted by atomic mass is 9.94. The molecule has 0 unspecified atom stereocenters. The molecule has 2 aliphatic rings. The lowest BCUT2D eigenvalue weighted by Crippen LogP contribution is -2.53. The first-order valence-corrected chi connectivity index (χ1v) is 9.12. The highest BCUT2D eigenvalue weighted by molar-refractivity contribution is 5.94. The third-order valence-corrected chi connectivity index (χ3v) is 5.38. The number of rotatable bonds is 5. The highest BCUT2D eigenvalue weighted by Crippen LogP contribution is 2.29. The lowest BCUT2D eigenvalue weighted by Gasteiger charge is -2.38. The number of nitrogens with one attached hydrogen (secondary N) is 1. The van der Waals surface area contributed by atoms with E-state index >= 15 is 0 Å². The maximum absolute atomic E-state index is 12.3. The number of amides is 1. The van der Waals surface area contributed by atoms with E-state index in [9.17, 15) is 15.0 Å². The van der Waals surface area contributed by atoms with Crippen LogP contribution in [0.4, 0.5) is 0 Å². The Balaban J connectivity index is 1.64. The summed E-state index contributed by atoms with van der Waals surface area (Å²) in [6.07, 6.45) is 0.528. The van der Waals surface area contributed by atoms with Crippen molar-refractivity contribution < 1.29 is 19.7 Å². The van der Waals surface area contributed by atoms with Gasteiger partial charge >= 0.3 is 0 Å². The van der Waals surface area contributed by atoms with Gasteiger partial charge in [-0.15, -0.1) is 0 Å². The minimum Gasteiger partial charge on any atom is -0.394 e. The first-order chi connectivity index (χ1) is 12.1. The third kappa shape index (κ3) is 4.20. The molecule has 25 heavy (non-hydrogen) atoms. The van der Waals surface area contributed by atoms with Crippen LogP contribution in [-0.2, 0) is 4.74 Å². The number of piperidine rings is 1. The van der Waals surface area contributed by atoms with Gasteiger partial charge in [-0.05, 0) is 44.0 Å². The normalized spacial score (nSPS) is 31.2. The van der Waals surface area contributed by atoms with Crippen molar-refractivity contribution in [2.45, 2.75) is 44.1 Å². The molecule has 0 radical (unpaired) electrons. The first-order valence-electron chi connectivity index (χ1n) is 9.12. The predicted molar refractivity (Wildman–Crippen MR) is 94.3 cm³/mol. The Hall–Kier alpha value is -1.47. The van der Waals surface area contributed by atoms with Crippen molar-refractivity contribution in [1.29, 1.82) is 0 Å². The number of hydrogen-bond donors (Lipinski definition) is 3. The molecule has 2 aliphatic heterocycles. The molecule has 3 N–H and O–H groups in total. The van der Waals surface area contributed by atoms with Crippen LogP contribution in [0.5, 0.6) is 0 Å². The summed E-state index contributed by atoms with van der Waals surface area (Å²) in [7, 11) is 0. The Labute approximate surface area is 148 Å². The second kappa shape index (κ2) is 8.27. The molecule has 0 bridgehead atoms. The highest BCUT2D eigenvalue weighted by atomic mass is 16.5. The largest absolute Gasteiger partial charge is 0.394 e. The lowest BCUT2D eigenvalue weighted by molar-refractivity contribution is -0.0209. The van der Waals surface area contributed by atoms with E-state index in [1.165, 1.54) is 0 Å². The molecule has 0 spiro atoms. The minimum atomic E-state index is -0.739. The second-order valence-corrected chi connectivity index (χ2v) is 7.17. The Morgan fingerprint density at radius 1 is 1.24 bits per heavy atom. The maximum Gasteiger partial charge on any atom is 0.251 e. The smallest absolute Gasteiger partial charge is 0.251 e. The number of hydrogen-bond acceptors (Lipinski definition) is 5. The van der Waals surface area contributed by atoms with Crippen molar-refractivity contribution in [3.63, 3.8) is 0 Å². The standard InChI is InChI=1S/C19H28N2O4/c1-13-7-9-21(10-8-13)17-15(25-16(12-22)18(17)23)11-20-19(24)14-5-3-2-4-6-14/h2-6,13,15-18,22-23H,7-12H2,1H3,(H,20,24)/t15-,16+,17+,18-/m1/s1. The number of carbonyl (C=O) groups excluding carboxylic acids is 1. The van der Waals surface area contributed by atoms with Crippen LogP contribution >= 0.6 is 0 Å². The molecule has 138 valence electrons. The average Bonchev–Trinajstić information content (AvgIpc) is 2.97. The van der Waals surface area contributed by atoms with E-state index in [4.69, 9.17) is 4.74 Å². The topological polar surface area (TPSA) is 82.0 Å². The second-order valence-electron chi connectivity index (χ2n) is 7.17. The summed E-state index contributed by atoms with van der Waals surface area (Å²) >= 11 is 0. The van der Waals surface area contributed by atoms with Crippen molar-refractivity contribution in [1.82, 2.24) is 10.2 Å². The van der Waals surface area contributed by atoms with Gasteiger partial charge in [-0.2, -0.15) is 0 Å². The summed E-state index contributed by atoms with van der Waals surface area (Å²) in [5, 5.41) is 23.0. The predicted octanol–water partition coefficient (Wildman–Crippen LogP) is 0.638. The summed E-state index contributed by atoms with van der Waals surface area (Å²) in [6, 6.07) is 8.85. The first kappa shape index (κ1) is 18.3. The molecule has 1 aromatic rings. The Kier molecular flexibility index (Phi) is 6.06. The molecule has 2 fully saturated rings. The van der Waals surface area contributed by atoms with E-state index in [-0.39, 0.29) is 24.7 Å². The average molecular weight is 348 g/mol. The Bertz CT molecular complexity index is 560. The van der Waals surface area contributed by atoms with E-state index in [2.05, 4.69) is 17.1 Å². The van der Waals surface area contributed by atoms with E-state index in [1.807, 2.05) is 18.2 Å². The molecule has 3 rings (SSSR count). The van der Waals surface area contributed by atoms with Gasteiger partial charge in [0.1, 0.15) is 12.2 Å². The number of carbonyl (C=O) groups is 1. The zero-order chi connectivity index (χ0) is 17.8. The summed E-state index contributed by atoms with van der Waals surface area (Å²) in [6.45, 7) is 4.16. The summed E-state index contributed by atoms with van der Waals surface area (Å²) in [5.41, 5.74) is 0.600. The zero-order valence-electron chi connectivity index (χ0n) is 14.7. The fraction of sp³-hybridized carbons (Fsp3) is 0.632. The number of aliphatic hydroxyl groups is 2. The Morgan fingerprint density at radius 2 is 1.92 bits per heavy atom. The van der Waals surface area contributed by atoms with Crippen LogP contribution in [0.25, 0.3) is 0 Å². The molecule has 2 saturated heterocycles. The van der Waals surface area contributed by atoms with Crippen LogP contribution in [-0.4, -0.2) is 71.6 Å². The Morgan fingerprint density at radius 3 is 2.56 bits per heavy atom. The molecule has 0 saturated carbocycles. The molecule has 0 aromatic heterocycles. The van der Waals surface area contributed by atoms with E-state index in [0.717, 1.165) is 25.9 Å². The minimum absolute atomic E-state index is 0.155. The van der Waals surface area contributed by atoms with Gasteiger partial charge in [-0.25, -0.2) is 0 Å². The number of likely N-dealkylation sites (tertiary alicyclic amines) is 1. The summed E-state index contributed by atoms with van der Waals surface area (Å²) < 4.78 is 5.85. The number of benzene rings is 1. The molecular weight excluding hydrogens is 320 g/mol. The molecule has 1 amide bonds. The fourth-order valence-corrected chi connectivity index (χ4v) is 3.81. The molecule has 0 aliphatic carbocycles. The van der Waals surface area contributed by atoms with Gasteiger partial charge in [0, 0.05) is 12.1 Å². The van der Waals surface area contributed by atoms with Crippen LogP contribution < -0.4 is 5.32 Å². The van der Waals surface area contributed by atoms with Gasteiger partial charge in [0.05, 0.1) is 18.8 Å². The van der Waals surface area contributed by atoms with Gasteiger partial charge in [-0.1, -0.05) is 25.1 Å². The van der Waals surface area contributed by atoms with E-state index in [0.29, 0.717) is 18.0 Å². The van der Waals surface area contributed by atoms with Crippen LogP contribution in [0, 0.1) is 5.92 Å².